The van der Waals surface area contributed by atoms with E-state index in [0.29, 0.717) is 22.0 Å². The van der Waals surface area contributed by atoms with E-state index in [-0.39, 0.29) is 5.91 Å². The first-order valence-electron chi connectivity index (χ1n) is 11.6. The van der Waals surface area contributed by atoms with Gasteiger partial charge in [-0.3, -0.25) is 4.79 Å². The number of carbonyl (C=O) groups excluding carboxylic acids is 1. The maximum atomic E-state index is 13.4. The van der Waals surface area contributed by atoms with Gasteiger partial charge in [0.2, 0.25) is 0 Å². The average Bonchev–Trinajstić information content (AvgIpc) is 3.26. The number of para-hydroxylation sites is 1. The Balaban J connectivity index is 1.57. The normalized spacial score (nSPS) is 11.1. The first-order valence-corrected chi connectivity index (χ1v) is 11.9. The van der Waals surface area contributed by atoms with Gasteiger partial charge in [0.1, 0.15) is 0 Å². The summed E-state index contributed by atoms with van der Waals surface area (Å²) in [6.45, 7) is 6.11. The van der Waals surface area contributed by atoms with Crippen LogP contribution in [-0.2, 0) is 6.42 Å². The fourth-order valence-corrected chi connectivity index (χ4v) is 4.49. The maximum Gasteiger partial charge on any atom is 0.256 e. The summed E-state index contributed by atoms with van der Waals surface area (Å²) >= 11 is 6.37. The number of pyridine rings is 1. The van der Waals surface area contributed by atoms with Crippen molar-refractivity contribution in [2.45, 2.75) is 27.2 Å². The van der Waals surface area contributed by atoms with Gasteiger partial charge in [-0.1, -0.05) is 54.9 Å². The van der Waals surface area contributed by atoms with E-state index in [2.05, 4.69) is 41.6 Å². The Hall–Kier alpha value is -3.96. The van der Waals surface area contributed by atoms with Crippen molar-refractivity contribution < 1.29 is 4.79 Å². The molecule has 0 atom stereocenters. The first-order chi connectivity index (χ1) is 16.9. The number of fused-ring (bicyclic) bond motifs is 1. The molecule has 0 fully saturated rings. The number of aromatic nitrogens is 3. The lowest BCUT2D eigenvalue weighted by Gasteiger charge is -2.12. The Morgan fingerprint density at radius 2 is 1.77 bits per heavy atom. The van der Waals surface area contributed by atoms with Crippen molar-refractivity contribution in [2.75, 3.05) is 5.32 Å². The Labute approximate surface area is 209 Å². The van der Waals surface area contributed by atoms with Crippen molar-refractivity contribution in [2.24, 2.45) is 0 Å². The molecule has 5 aromatic rings. The minimum Gasteiger partial charge on any atom is -0.321 e. The number of halogens is 1. The molecule has 0 spiro atoms. The van der Waals surface area contributed by atoms with E-state index in [1.165, 1.54) is 5.56 Å². The second kappa shape index (κ2) is 9.35. The Kier molecular flexibility index (Phi) is 6.10. The fraction of sp³-hybridized carbons (Fsp3) is 0.138. The molecule has 2 aromatic heterocycles. The highest BCUT2D eigenvalue weighted by atomic mass is 35.5. The summed E-state index contributed by atoms with van der Waals surface area (Å²) in [6, 6.07) is 23.4. The van der Waals surface area contributed by atoms with Crippen LogP contribution < -0.4 is 5.32 Å². The summed E-state index contributed by atoms with van der Waals surface area (Å²) in [5.41, 5.74) is 7.65. The zero-order valence-electron chi connectivity index (χ0n) is 19.8. The van der Waals surface area contributed by atoms with Gasteiger partial charge < -0.3 is 5.32 Å². The van der Waals surface area contributed by atoms with Crippen molar-refractivity contribution >= 4 is 34.1 Å². The summed E-state index contributed by atoms with van der Waals surface area (Å²) in [5.74, 6) is -0.240. The van der Waals surface area contributed by atoms with Crippen LogP contribution >= 0.6 is 11.6 Å². The van der Waals surface area contributed by atoms with E-state index in [4.69, 9.17) is 16.6 Å². The van der Waals surface area contributed by atoms with Crippen molar-refractivity contribution in [1.82, 2.24) is 14.8 Å². The third kappa shape index (κ3) is 4.43. The lowest BCUT2D eigenvalue weighted by molar-refractivity contribution is 0.102. The van der Waals surface area contributed by atoms with E-state index in [1.54, 1.807) is 6.20 Å². The number of rotatable bonds is 5. The summed E-state index contributed by atoms with van der Waals surface area (Å²) in [7, 11) is 0. The van der Waals surface area contributed by atoms with Gasteiger partial charge in [0.15, 0.2) is 0 Å². The van der Waals surface area contributed by atoms with Crippen LogP contribution in [0.1, 0.15) is 34.1 Å². The number of anilines is 1. The zero-order valence-corrected chi connectivity index (χ0v) is 20.6. The predicted molar refractivity (Wildman–Crippen MR) is 143 cm³/mol. The van der Waals surface area contributed by atoms with Crippen LogP contribution in [0.25, 0.3) is 27.8 Å². The van der Waals surface area contributed by atoms with Gasteiger partial charge in [-0.25, -0.2) is 9.67 Å². The van der Waals surface area contributed by atoms with Crippen LogP contribution in [0.4, 0.5) is 5.69 Å². The third-order valence-corrected chi connectivity index (χ3v) is 6.52. The highest BCUT2D eigenvalue weighted by molar-refractivity contribution is 6.34. The van der Waals surface area contributed by atoms with Gasteiger partial charge in [-0.2, -0.15) is 5.10 Å². The summed E-state index contributed by atoms with van der Waals surface area (Å²) in [5, 5.41) is 8.86. The molecule has 5 nitrogen and oxygen atoms in total. The van der Waals surface area contributed by atoms with Crippen LogP contribution in [0.15, 0.2) is 79.0 Å². The minimum absolute atomic E-state index is 0.240. The monoisotopic (exact) mass is 480 g/mol. The van der Waals surface area contributed by atoms with E-state index in [0.717, 1.165) is 39.8 Å². The molecule has 2 heterocycles. The molecule has 0 aliphatic carbocycles. The number of carbonyl (C=O) groups is 1. The maximum absolute atomic E-state index is 13.4. The van der Waals surface area contributed by atoms with E-state index >= 15 is 0 Å². The van der Waals surface area contributed by atoms with Crippen molar-refractivity contribution in [1.29, 1.82) is 0 Å². The highest BCUT2D eigenvalue weighted by Gasteiger charge is 2.18. The lowest BCUT2D eigenvalue weighted by atomic mass is 10.0. The lowest BCUT2D eigenvalue weighted by Crippen LogP contribution is -2.13. The first kappa shape index (κ1) is 22.8. The molecule has 0 unspecified atom stereocenters. The number of nitrogens with zero attached hydrogens (tertiary/aromatic N) is 3. The van der Waals surface area contributed by atoms with Crippen LogP contribution in [-0.4, -0.2) is 20.7 Å². The highest BCUT2D eigenvalue weighted by Crippen LogP contribution is 2.30. The SMILES string of the molecule is CCc1ccc(-n2ncc(-c3cc(C(=O)Nc4ccc(C)cc4Cl)c4ccccc4n3)c2C)cc1. The predicted octanol–water partition coefficient (Wildman–Crippen LogP) is 7.17. The van der Waals surface area contributed by atoms with Crippen molar-refractivity contribution in [3.63, 3.8) is 0 Å². The second-order valence-electron chi connectivity index (χ2n) is 8.59. The molecule has 0 saturated heterocycles. The van der Waals surface area contributed by atoms with Gasteiger partial charge in [-0.05, 0) is 67.8 Å². The molecule has 1 N–H and O–H groups in total. The molecule has 35 heavy (non-hydrogen) atoms. The number of amides is 1. The van der Waals surface area contributed by atoms with Crippen LogP contribution in [0, 0.1) is 13.8 Å². The summed E-state index contributed by atoms with van der Waals surface area (Å²) < 4.78 is 1.90. The molecular weight excluding hydrogens is 456 g/mol. The van der Waals surface area contributed by atoms with Gasteiger partial charge in [0.25, 0.3) is 5.91 Å². The molecular formula is C29H25ClN4O. The Morgan fingerprint density at radius 3 is 2.51 bits per heavy atom. The smallest absolute Gasteiger partial charge is 0.256 e. The fourth-order valence-electron chi connectivity index (χ4n) is 4.21. The van der Waals surface area contributed by atoms with Crippen LogP contribution in [0.5, 0.6) is 0 Å². The Morgan fingerprint density at radius 1 is 1.00 bits per heavy atom. The third-order valence-electron chi connectivity index (χ3n) is 6.21. The topological polar surface area (TPSA) is 59.8 Å². The molecule has 6 heteroatoms. The molecule has 0 aliphatic heterocycles. The van der Waals surface area contributed by atoms with Crippen molar-refractivity contribution in [3.05, 3.63) is 106 Å². The molecule has 0 bridgehead atoms. The number of hydrogen-bond donors (Lipinski definition) is 1. The molecule has 174 valence electrons. The summed E-state index contributed by atoms with van der Waals surface area (Å²) in [6.07, 6.45) is 2.79. The average molecular weight is 481 g/mol. The molecule has 5 rings (SSSR count). The second-order valence-corrected chi connectivity index (χ2v) is 8.99. The van der Waals surface area contributed by atoms with Crippen LogP contribution in [0.3, 0.4) is 0 Å². The largest absolute Gasteiger partial charge is 0.321 e. The quantitative estimate of drug-likeness (QED) is 0.290. The number of aryl methyl sites for hydroxylation is 2. The Bertz CT molecular complexity index is 1550. The molecule has 0 radical (unpaired) electrons. The molecule has 0 saturated carbocycles. The van der Waals surface area contributed by atoms with Gasteiger partial charge in [0, 0.05) is 10.9 Å². The van der Waals surface area contributed by atoms with E-state index in [9.17, 15) is 4.79 Å². The number of benzene rings is 3. The van der Waals surface area contributed by atoms with Gasteiger partial charge in [0.05, 0.1) is 45.1 Å². The van der Waals surface area contributed by atoms with E-state index < -0.39 is 0 Å². The zero-order chi connectivity index (χ0) is 24.5. The van der Waals surface area contributed by atoms with Gasteiger partial charge >= 0.3 is 0 Å². The van der Waals surface area contributed by atoms with E-state index in [1.807, 2.05) is 67.1 Å². The minimum atomic E-state index is -0.240. The van der Waals surface area contributed by atoms with Gasteiger partial charge in [-0.15, -0.1) is 0 Å². The molecule has 0 aliphatic rings. The number of hydrogen-bond acceptors (Lipinski definition) is 3. The van der Waals surface area contributed by atoms with Crippen molar-refractivity contribution in [3.8, 4) is 16.9 Å². The summed E-state index contributed by atoms with van der Waals surface area (Å²) in [4.78, 5) is 18.3. The number of nitrogens with one attached hydrogen (secondary N) is 1. The van der Waals surface area contributed by atoms with Crippen LogP contribution in [0.2, 0.25) is 5.02 Å². The molecule has 3 aromatic carbocycles. The molecule has 1 amide bonds. The standard InChI is InChI=1S/C29H25ClN4O/c1-4-20-10-12-21(13-11-20)34-19(3)24(17-31-34)28-16-23(22-7-5-6-8-26(22)32-28)29(35)33-27-14-9-18(2)15-25(27)30/h5-17H,4H2,1-3H3,(H,33,35).